The monoisotopic (exact) mass is 368 g/mol. The molecular formula is C24H20N2O2. The highest BCUT2D eigenvalue weighted by Crippen LogP contribution is 2.39. The summed E-state index contributed by atoms with van der Waals surface area (Å²) in [7, 11) is 0. The van der Waals surface area contributed by atoms with Crippen LogP contribution in [0.15, 0.2) is 70.2 Å². The van der Waals surface area contributed by atoms with Crippen molar-refractivity contribution in [3.63, 3.8) is 0 Å². The number of nitrogens with one attached hydrogen (secondary N) is 1. The number of H-pyrrole nitrogens is 1. The lowest BCUT2D eigenvalue weighted by molar-refractivity contribution is 0.559. The molecule has 0 saturated heterocycles. The van der Waals surface area contributed by atoms with E-state index < -0.39 is 0 Å². The molecule has 4 aromatic rings. The maximum absolute atomic E-state index is 12.4. The first-order chi connectivity index (χ1) is 13.4. The molecular weight excluding hydrogens is 348 g/mol. The molecule has 4 nitrogen and oxygen atoms in total. The molecule has 2 aromatic carbocycles. The Morgan fingerprint density at radius 1 is 1.00 bits per heavy atom. The van der Waals surface area contributed by atoms with Crippen LogP contribution in [0.4, 0.5) is 0 Å². The van der Waals surface area contributed by atoms with Gasteiger partial charge in [-0.3, -0.25) is 4.79 Å². The second-order valence-electron chi connectivity index (χ2n) is 7.90. The predicted molar refractivity (Wildman–Crippen MR) is 111 cm³/mol. The zero-order valence-corrected chi connectivity index (χ0v) is 16.0. The van der Waals surface area contributed by atoms with Gasteiger partial charge in [-0.25, -0.2) is 0 Å². The van der Waals surface area contributed by atoms with E-state index in [4.69, 9.17) is 9.68 Å². The van der Waals surface area contributed by atoms with Gasteiger partial charge in [0.1, 0.15) is 5.58 Å². The van der Waals surface area contributed by atoms with Crippen LogP contribution in [0.25, 0.3) is 33.2 Å². The molecule has 0 spiro atoms. The van der Waals surface area contributed by atoms with Gasteiger partial charge >= 0.3 is 0 Å². The molecule has 0 atom stereocenters. The molecule has 0 saturated carbocycles. The molecule has 28 heavy (non-hydrogen) atoms. The number of fused-ring (bicyclic) bond motifs is 1. The normalized spacial score (nSPS) is 11.5. The Morgan fingerprint density at radius 3 is 2.39 bits per heavy atom. The van der Waals surface area contributed by atoms with Gasteiger partial charge < -0.3 is 9.40 Å². The van der Waals surface area contributed by atoms with Crippen molar-refractivity contribution in [1.29, 1.82) is 5.26 Å². The fraction of sp³-hybridized carbons (Fsp3) is 0.167. The van der Waals surface area contributed by atoms with Crippen LogP contribution in [-0.2, 0) is 5.41 Å². The van der Waals surface area contributed by atoms with Crippen molar-refractivity contribution in [3.05, 3.63) is 82.5 Å². The van der Waals surface area contributed by atoms with Crippen LogP contribution in [-0.4, -0.2) is 4.98 Å². The number of rotatable bonds is 2. The molecule has 2 heterocycles. The maximum atomic E-state index is 12.4. The highest BCUT2D eigenvalue weighted by molar-refractivity contribution is 5.98. The molecule has 0 aliphatic heterocycles. The number of pyridine rings is 1. The van der Waals surface area contributed by atoms with Gasteiger partial charge in [0, 0.05) is 28.3 Å². The van der Waals surface area contributed by atoms with Crippen molar-refractivity contribution in [2.24, 2.45) is 0 Å². The quantitative estimate of drug-likeness (QED) is 0.499. The van der Waals surface area contributed by atoms with Crippen molar-refractivity contribution in [1.82, 2.24) is 4.98 Å². The van der Waals surface area contributed by atoms with Gasteiger partial charge in [-0.15, -0.1) is 0 Å². The Kier molecular flexibility index (Phi) is 4.16. The second kappa shape index (κ2) is 6.54. The van der Waals surface area contributed by atoms with Gasteiger partial charge in [0.05, 0.1) is 17.9 Å². The summed E-state index contributed by atoms with van der Waals surface area (Å²) in [6, 6.07) is 17.3. The molecule has 4 rings (SSSR count). The summed E-state index contributed by atoms with van der Waals surface area (Å²) in [6.45, 7) is 6.39. The lowest BCUT2D eigenvalue weighted by Gasteiger charge is -2.20. The first-order valence-corrected chi connectivity index (χ1v) is 9.13. The van der Waals surface area contributed by atoms with Gasteiger partial charge in [-0.1, -0.05) is 32.9 Å². The Morgan fingerprint density at radius 2 is 1.75 bits per heavy atom. The summed E-state index contributed by atoms with van der Waals surface area (Å²) < 4.78 is 5.99. The van der Waals surface area contributed by atoms with E-state index >= 15 is 0 Å². The molecule has 138 valence electrons. The number of hydrogen-bond donors (Lipinski definition) is 1. The molecule has 2 aromatic heterocycles. The minimum Gasteiger partial charge on any atom is -0.463 e. The van der Waals surface area contributed by atoms with E-state index in [2.05, 4.69) is 31.8 Å². The molecule has 0 aliphatic carbocycles. The number of nitriles is 1. The first kappa shape index (κ1) is 17.8. The summed E-state index contributed by atoms with van der Waals surface area (Å²) in [5.41, 5.74) is 5.60. The fourth-order valence-electron chi connectivity index (χ4n) is 3.45. The third-order valence-corrected chi connectivity index (χ3v) is 4.94. The third kappa shape index (κ3) is 3.01. The summed E-state index contributed by atoms with van der Waals surface area (Å²) >= 11 is 0. The first-order valence-electron chi connectivity index (χ1n) is 9.13. The van der Waals surface area contributed by atoms with Gasteiger partial charge in [-0.05, 0) is 52.9 Å². The van der Waals surface area contributed by atoms with Crippen LogP contribution in [0.2, 0.25) is 0 Å². The van der Waals surface area contributed by atoms with Gasteiger partial charge in [0.15, 0.2) is 0 Å². The number of benzene rings is 2. The molecule has 0 fully saturated rings. The van der Waals surface area contributed by atoms with E-state index in [0.717, 1.165) is 33.2 Å². The number of hydrogen-bond acceptors (Lipinski definition) is 3. The SMILES string of the molecule is CC(C)(C)c1cc(-c2ccc[nH]c2=O)cc2c(-c3ccc(C#N)cc3)coc12. The average Bonchev–Trinajstić information content (AvgIpc) is 3.10. The largest absolute Gasteiger partial charge is 0.463 e. The number of aromatic amines is 1. The molecule has 4 heteroatoms. The van der Waals surface area contributed by atoms with Crippen LogP contribution in [0.1, 0.15) is 31.9 Å². The summed E-state index contributed by atoms with van der Waals surface area (Å²) in [6.07, 6.45) is 3.38. The molecule has 0 radical (unpaired) electrons. The molecule has 1 N–H and O–H groups in total. The van der Waals surface area contributed by atoms with Crippen molar-refractivity contribution < 1.29 is 4.42 Å². The molecule has 0 bridgehead atoms. The fourth-order valence-corrected chi connectivity index (χ4v) is 3.45. The Balaban J connectivity index is 2.02. The summed E-state index contributed by atoms with van der Waals surface area (Å²) in [5.74, 6) is 0. The van der Waals surface area contributed by atoms with Crippen molar-refractivity contribution in [3.8, 4) is 28.3 Å². The summed E-state index contributed by atoms with van der Waals surface area (Å²) in [4.78, 5) is 15.1. The third-order valence-electron chi connectivity index (χ3n) is 4.94. The van der Waals surface area contributed by atoms with Crippen LogP contribution < -0.4 is 5.56 Å². The zero-order chi connectivity index (χ0) is 19.9. The van der Waals surface area contributed by atoms with Crippen LogP contribution in [0.5, 0.6) is 0 Å². The van der Waals surface area contributed by atoms with E-state index in [1.165, 1.54) is 0 Å². The van der Waals surface area contributed by atoms with Crippen LogP contribution >= 0.6 is 0 Å². The van der Waals surface area contributed by atoms with Crippen LogP contribution in [0.3, 0.4) is 0 Å². The lowest BCUT2D eigenvalue weighted by atomic mass is 9.83. The standard InChI is InChI=1S/C24H20N2O2/c1-24(2,3)21-12-17(18-5-4-10-26-23(18)27)11-19-20(14-28-22(19)21)16-8-6-15(13-25)7-9-16/h4-12,14H,1-3H3,(H,26,27). The molecule has 0 aliphatic rings. The molecule has 0 amide bonds. The van der Waals surface area contributed by atoms with Crippen LogP contribution in [0, 0.1) is 11.3 Å². The van der Waals surface area contributed by atoms with E-state index in [1.807, 2.05) is 36.4 Å². The predicted octanol–water partition coefficient (Wildman–Crippen LogP) is 5.62. The zero-order valence-electron chi connectivity index (χ0n) is 16.0. The van der Waals surface area contributed by atoms with Crippen molar-refractivity contribution in [2.75, 3.05) is 0 Å². The molecule has 0 unspecified atom stereocenters. The van der Waals surface area contributed by atoms with Gasteiger partial charge in [-0.2, -0.15) is 5.26 Å². The number of furan rings is 1. The van der Waals surface area contributed by atoms with E-state index in [-0.39, 0.29) is 11.0 Å². The topological polar surface area (TPSA) is 69.8 Å². The smallest absolute Gasteiger partial charge is 0.255 e. The van der Waals surface area contributed by atoms with Gasteiger partial charge in [0.2, 0.25) is 0 Å². The van der Waals surface area contributed by atoms with Crippen molar-refractivity contribution >= 4 is 11.0 Å². The minimum atomic E-state index is -0.157. The lowest BCUT2D eigenvalue weighted by Crippen LogP contribution is -2.13. The van der Waals surface area contributed by atoms with E-state index in [9.17, 15) is 4.79 Å². The Hall–Kier alpha value is -3.58. The highest BCUT2D eigenvalue weighted by atomic mass is 16.3. The minimum absolute atomic E-state index is 0.120. The van der Waals surface area contributed by atoms with E-state index in [1.54, 1.807) is 24.6 Å². The summed E-state index contributed by atoms with van der Waals surface area (Å²) in [5, 5.41) is 10.00. The Labute approximate surface area is 163 Å². The number of nitrogens with zero attached hydrogens (tertiary/aromatic N) is 1. The average molecular weight is 368 g/mol. The van der Waals surface area contributed by atoms with Crippen molar-refractivity contribution in [2.45, 2.75) is 26.2 Å². The van der Waals surface area contributed by atoms with Gasteiger partial charge in [0.25, 0.3) is 5.56 Å². The van der Waals surface area contributed by atoms with E-state index in [0.29, 0.717) is 11.1 Å². The maximum Gasteiger partial charge on any atom is 0.255 e. The second-order valence-corrected chi connectivity index (χ2v) is 7.90. The number of aromatic nitrogens is 1. The Bertz CT molecular complexity index is 1260. The highest BCUT2D eigenvalue weighted by Gasteiger charge is 2.23.